The van der Waals surface area contributed by atoms with Crippen LogP contribution in [0.1, 0.15) is 35.2 Å². The lowest BCUT2D eigenvalue weighted by molar-refractivity contribution is 0.101. The number of benzene rings is 1. The zero-order chi connectivity index (χ0) is 19.4. The average Bonchev–Trinajstić information content (AvgIpc) is 3.20. The fourth-order valence-electron chi connectivity index (χ4n) is 2.93. The number of amides is 1. The van der Waals surface area contributed by atoms with Crippen molar-refractivity contribution in [3.8, 4) is 11.1 Å². The van der Waals surface area contributed by atoms with Gasteiger partial charge < -0.3 is 10.1 Å². The van der Waals surface area contributed by atoms with E-state index in [0.29, 0.717) is 23.1 Å². The molecule has 2 heterocycles. The number of hydrogen-bond acceptors (Lipinski definition) is 4. The van der Waals surface area contributed by atoms with Crippen LogP contribution in [0.15, 0.2) is 30.3 Å². The Morgan fingerprint density at radius 1 is 1.33 bits per heavy atom. The molecule has 0 radical (unpaired) electrons. The summed E-state index contributed by atoms with van der Waals surface area (Å²) in [5, 5.41) is 15.1. The third kappa shape index (κ3) is 4.20. The summed E-state index contributed by atoms with van der Waals surface area (Å²) >= 11 is 6.00. The van der Waals surface area contributed by atoms with Gasteiger partial charge >= 0.3 is 0 Å². The Morgan fingerprint density at radius 3 is 2.74 bits per heavy atom. The fraction of sp³-hybridized carbons (Fsp3) is 0.316. The molecule has 8 heteroatoms. The number of anilines is 1. The highest BCUT2D eigenvalue weighted by Gasteiger charge is 2.20. The summed E-state index contributed by atoms with van der Waals surface area (Å²) in [7, 11) is 3.37. The molecule has 1 amide bonds. The molecule has 3 rings (SSSR count). The quantitative estimate of drug-likeness (QED) is 0.645. The molecule has 0 saturated carbocycles. The SMILES string of the molecule is CCCc1cc(C(=O)Nc2n[nH]c(COC)c2-c2ccc(Cl)cc2)n(C)n1. The lowest BCUT2D eigenvalue weighted by atomic mass is 10.1. The number of rotatable bonds is 7. The molecule has 2 N–H and O–H groups in total. The predicted molar refractivity (Wildman–Crippen MR) is 105 cm³/mol. The molecular formula is C19H22ClN5O2. The molecule has 0 aliphatic carbocycles. The number of aromatic nitrogens is 4. The molecule has 0 unspecified atom stereocenters. The summed E-state index contributed by atoms with van der Waals surface area (Å²) in [5.74, 6) is 0.172. The minimum atomic E-state index is -0.266. The molecule has 142 valence electrons. The molecule has 1 aromatic carbocycles. The van der Waals surface area contributed by atoms with E-state index in [1.807, 2.05) is 18.2 Å². The second-order valence-electron chi connectivity index (χ2n) is 6.21. The number of carbonyl (C=O) groups excluding carboxylic acids is 1. The Kier molecular flexibility index (Phi) is 5.93. The van der Waals surface area contributed by atoms with Crippen LogP contribution < -0.4 is 5.32 Å². The molecule has 0 saturated heterocycles. The van der Waals surface area contributed by atoms with Gasteiger partial charge in [-0.15, -0.1) is 0 Å². The molecule has 0 aliphatic rings. The van der Waals surface area contributed by atoms with Gasteiger partial charge in [0.15, 0.2) is 5.82 Å². The maximum atomic E-state index is 12.8. The molecular weight excluding hydrogens is 366 g/mol. The van der Waals surface area contributed by atoms with E-state index in [9.17, 15) is 4.79 Å². The van der Waals surface area contributed by atoms with Crippen LogP contribution in [0.3, 0.4) is 0 Å². The molecule has 0 atom stereocenters. The van der Waals surface area contributed by atoms with Gasteiger partial charge in [0.05, 0.1) is 18.0 Å². The van der Waals surface area contributed by atoms with E-state index in [-0.39, 0.29) is 5.91 Å². The molecule has 27 heavy (non-hydrogen) atoms. The Balaban J connectivity index is 1.92. The highest BCUT2D eigenvalue weighted by atomic mass is 35.5. The van der Waals surface area contributed by atoms with Crippen molar-refractivity contribution in [1.82, 2.24) is 20.0 Å². The molecule has 0 spiro atoms. The summed E-state index contributed by atoms with van der Waals surface area (Å²) in [6, 6.07) is 9.16. The number of carbonyl (C=O) groups is 1. The summed E-state index contributed by atoms with van der Waals surface area (Å²) in [6.07, 6.45) is 1.80. The number of hydrogen-bond donors (Lipinski definition) is 2. The van der Waals surface area contributed by atoms with Crippen molar-refractivity contribution < 1.29 is 9.53 Å². The van der Waals surface area contributed by atoms with E-state index in [2.05, 4.69) is 27.5 Å². The van der Waals surface area contributed by atoms with Crippen molar-refractivity contribution in [2.24, 2.45) is 7.05 Å². The monoisotopic (exact) mass is 387 g/mol. The lowest BCUT2D eigenvalue weighted by Crippen LogP contribution is -2.16. The molecule has 2 aromatic heterocycles. The summed E-state index contributed by atoms with van der Waals surface area (Å²) in [6.45, 7) is 2.42. The van der Waals surface area contributed by atoms with Crippen molar-refractivity contribution in [3.05, 3.63) is 52.4 Å². The number of nitrogens with zero attached hydrogens (tertiary/aromatic N) is 3. The highest BCUT2D eigenvalue weighted by molar-refractivity contribution is 6.30. The van der Waals surface area contributed by atoms with E-state index in [1.54, 1.807) is 31.0 Å². The normalized spacial score (nSPS) is 11.0. The second-order valence-corrected chi connectivity index (χ2v) is 6.65. The van der Waals surface area contributed by atoms with E-state index in [4.69, 9.17) is 16.3 Å². The summed E-state index contributed by atoms with van der Waals surface area (Å²) in [5.41, 5.74) is 3.80. The topological polar surface area (TPSA) is 84.8 Å². The zero-order valence-corrected chi connectivity index (χ0v) is 16.3. The Morgan fingerprint density at radius 2 is 2.07 bits per heavy atom. The Labute approximate surface area is 162 Å². The number of halogens is 1. The highest BCUT2D eigenvalue weighted by Crippen LogP contribution is 2.31. The standard InChI is InChI=1S/C19H22ClN5O2/c1-4-5-14-10-16(25(2)24-14)19(26)21-18-17(15(11-27-3)22-23-18)12-6-8-13(20)9-7-12/h6-10H,4-5,11H2,1-3H3,(H2,21,22,23,26). The number of methoxy groups -OCH3 is 1. The van der Waals surface area contributed by atoms with Gasteiger partial charge in [-0.2, -0.15) is 10.2 Å². The molecule has 0 fully saturated rings. The first-order chi connectivity index (χ1) is 13.0. The maximum absolute atomic E-state index is 12.8. The van der Waals surface area contributed by atoms with E-state index in [1.165, 1.54) is 0 Å². The minimum Gasteiger partial charge on any atom is -0.378 e. The number of aryl methyl sites for hydroxylation is 2. The first-order valence-electron chi connectivity index (χ1n) is 8.69. The van der Waals surface area contributed by atoms with Crippen LogP contribution in [0.2, 0.25) is 5.02 Å². The van der Waals surface area contributed by atoms with Gasteiger partial charge in [0, 0.05) is 24.7 Å². The van der Waals surface area contributed by atoms with Gasteiger partial charge in [0.2, 0.25) is 0 Å². The number of ether oxygens (including phenoxy) is 1. The Bertz CT molecular complexity index is 930. The van der Waals surface area contributed by atoms with Crippen LogP contribution in [-0.2, 0) is 24.8 Å². The van der Waals surface area contributed by atoms with Gasteiger partial charge in [-0.3, -0.25) is 14.6 Å². The van der Waals surface area contributed by atoms with Crippen molar-refractivity contribution in [2.75, 3.05) is 12.4 Å². The minimum absolute atomic E-state index is 0.266. The van der Waals surface area contributed by atoms with Crippen LogP contribution in [0.25, 0.3) is 11.1 Å². The van der Waals surface area contributed by atoms with E-state index >= 15 is 0 Å². The number of aromatic amines is 1. The van der Waals surface area contributed by atoms with Crippen molar-refractivity contribution in [1.29, 1.82) is 0 Å². The largest absolute Gasteiger partial charge is 0.378 e. The van der Waals surface area contributed by atoms with E-state index < -0.39 is 0 Å². The molecule has 7 nitrogen and oxygen atoms in total. The summed E-state index contributed by atoms with van der Waals surface area (Å²) in [4.78, 5) is 12.8. The first kappa shape index (κ1) is 19.1. The van der Waals surface area contributed by atoms with Gasteiger partial charge in [0.1, 0.15) is 5.69 Å². The smallest absolute Gasteiger partial charge is 0.275 e. The number of H-pyrrole nitrogens is 1. The van der Waals surface area contributed by atoms with Crippen molar-refractivity contribution in [3.63, 3.8) is 0 Å². The number of nitrogens with one attached hydrogen (secondary N) is 2. The van der Waals surface area contributed by atoms with Crippen LogP contribution in [0, 0.1) is 0 Å². The van der Waals surface area contributed by atoms with Crippen LogP contribution in [0.5, 0.6) is 0 Å². The van der Waals surface area contributed by atoms with Crippen LogP contribution in [0.4, 0.5) is 5.82 Å². The maximum Gasteiger partial charge on any atom is 0.275 e. The fourth-order valence-corrected chi connectivity index (χ4v) is 3.06. The summed E-state index contributed by atoms with van der Waals surface area (Å²) < 4.78 is 6.83. The molecule has 0 bridgehead atoms. The predicted octanol–water partition coefficient (Wildman–Crippen LogP) is 3.81. The van der Waals surface area contributed by atoms with Gasteiger partial charge in [-0.05, 0) is 30.2 Å². The van der Waals surface area contributed by atoms with Crippen LogP contribution >= 0.6 is 11.6 Å². The van der Waals surface area contributed by atoms with E-state index in [0.717, 1.165) is 35.4 Å². The van der Waals surface area contributed by atoms with Crippen molar-refractivity contribution >= 4 is 23.3 Å². The Hall–Kier alpha value is -2.64. The van der Waals surface area contributed by atoms with Gasteiger partial charge in [-0.25, -0.2) is 0 Å². The average molecular weight is 388 g/mol. The lowest BCUT2D eigenvalue weighted by Gasteiger charge is -2.08. The van der Waals surface area contributed by atoms with Gasteiger partial charge in [-0.1, -0.05) is 37.1 Å². The first-order valence-corrected chi connectivity index (χ1v) is 9.07. The third-order valence-electron chi connectivity index (χ3n) is 4.16. The van der Waals surface area contributed by atoms with Gasteiger partial charge in [0.25, 0.3) is 5.91 Å². The molecule has 3 aromatic rings. The zero-order valence-electron chi connectivity index (χ0n) is 15.5. The van der Waals surface area contributed by atoms with Crippen molar-refractivity contribution in [2.45, 2.75) is 26.4 Å². The third-order valence-corrected chi connectivity index (χ3v) is 4.42. The second kappa shape index (κ2) is 8.37. The molecule has 0 aliphatic heterocycles. The van der Waals surface area contributed by atoms with Crippen LogP contribution in [-0.4, -0.2) is 33.0 Å².